The molecule has 0 N–H and O–H groups in total. The molecule has 2 aromatic rings. The summed E-state index contributed by atoms with van der Waals surface area (Å²) in [4.78, 5) is 0. The Morgan fingerprint density at radius 3 is 2.52 bits per heavy atom. The zero-order valence-corrected chi connectivity index (χ0v) is 13.9. The second-order valence-electron chi connectivity index (χ2n) is 6.07. The molecule has 1 heterocycles. The van der Waals surface area contributed by atoms with E-state index in [4.69, 9.17) is 9.47 Å². The van der Waals surface area contributed by atoms with E-state index in [1.165, 1.54) is 25.3 Å². The van der Waals surface area contributed by atoms with Crippen LogP contribution in [0.15, 0.2) is 43.0 Å². The van der Waals surface area contributed by atoms with Gasteiger partial charge in [0.25, 0.3) is 0 Å². The van der Waals surface area contributed by atoms with E-state index < -0.39 is 17.5 Å². The molecule has 5 heteroatoms. The van der Waals surface area contributed by atoms with Crippen LogP contribution in [0, 0.1) is 23.4 Å². The average molecular weight is 348 g/mol. The van der Waals surface area contributed by atoms with Crippen molar-refractivity contribution in [2.24, 2.45) is 5.92 Å². The number of methoxy groups -OCH3 is 1. The van der Waals surface area contributed by atoms with Gasteiger partial charge in [0, 0.05) is 17.0 Å². The Morgan fingerprint density at radius 1 is 1.12 bits per heavy atom. The minimum Gasteiger partial charge on any atom is -0.494 e. The molecule has 0 radical (unpaired) electrons. The fraction of sp³-hybridized carbons (Fsp3) is 0.300. The molecule has 2 atom stereocenters. The number of rotatable bonds is 4. The molecular weight excluding hydrogens is 329 g/mol. The Balaban J connectivity index is 1.88. The third-order valence-corrected chi connectivity index (χ3v) is 4.57. The Kier molecular flexibility index (Phi) is 5.13. The fourth-order valence-corrected chi connectivity index (χ4v) is 3.07. The molecule has 132 valence electrons. The minimum absolute atomic E-state index is 0.0139. The highest BCUT2D eigenvalue weighted by molar-refractivity contribution is 5.66. The van der Waals surface area contributed by atoms with E-state index >= 15 is 0 Å². The molecule has 0 saturated carbocycles. The van der Waals surface area contributed by atoms with Crippen LogP contribution < -0.4 is 4.74 Å². The summed E-state index contributed by atoms with van der Waals surface area (Å²) < 4.78 is 53.0. The molecule has 1 aliphatic heterocycles. The molecule has 3 rings (SSSR count). The van der Waals surface area contributed by atoms with Crippen molar-refractivity contribution in [3.8, 4) is 16.9 Å². The van der Waals surface area contributed by atoms with E-state index in [1.807, 2.05) is 6.08 Å². The summed E-state index contributed by atoms with van der Waals surface area (Å²) in [6.45, 7) is 4.25. The van der Waals surface area contributed by atoms with Gasteiger partial charge >= 0.3 is 0 Å². The van der Waals surface area contributed by atoms with E-state index in [-0.39, 0.29) is 28.9 Å². The highest BCUT2D eigenvalue weighted by atomic mass is 19.2. The van der Waals surface area contributed by atoms with Crippen molar-refractivity contribution in [1.82, 2.24) is 0 Å². The molecule has 1 fully saturated rings. The zero-order valence-electron chi connectivity index (χ0n) is 13.9. The standard InChI is InChI=1S/C20H19F3O2/c1-3-12-4-8-17(25-11-12)15-6-5-13(10-16(15)21)14-7-9-18(24-2)20(23)19(14)22/h3,5-7,9-10,12,17H,1,4,8,11H2,2H3. The topological polar surface area (TPSA) is 18.5 Å². The van der Waals surface area contributed by atoms with Crippen molar-refractivity contribution in [1.29, 1.82) is 0 Å². The predicted octanol–water partition coefficient (Wildman–Crippen LogP) is 5.43. The zero-order chi connectivity index (χ0) is 18.0. The van der Waals surface area contributed by atoms with E-state index in [1.54, 1.807) is 12.1 Å². The van der Waals surface area contributed by atoms with Gasteiger partial charge in [-0.15, -0.1) is 6.58 Å². The third kappa shape index (κ3) is 3.42. The molecule has 0 aromatic heterocycles. The van der Waals surface area contributed by atoms with Crippen LogP contribution in [-0.2, 0) is 4.74 Å². The number of benzene rings is 2. The first-order valence-electron chi connectivity index (χ1n) is 8.11. The first-order chi connectivity index (χ1) is 12.0. The largest absolute Gasteiger partial charge is 0.494 e. The molecule has 25 heavy (non-hydrogen) atoms. The first kappa shape index (κ1) is 17.5. The van der Waals surface area contributed by atoms with Gasteiger partial charge in [-0.25, -0.2) is 8.78 Å². The lowest BCUT2D eigenvalue weighted by atomic mass is 9.93. The van der Waals surface area contributed by atoms with Gasteiger partial charge in [0.2, 0.25) is 5.82 Å². The maximum atomic E-state index is 14.5. The number of hydrogen-bond acceptors (Lipinski definition) is 2. The second kappa shape index (κ2) is 7.31. The average Bonchev–Trinajstić information content (AvgIpc) is 2.64. The maximum Gasteiger partial charge on any atom is 0.201 e. The third-order valence-electron chi connectivity index (χ3n) is 4.57. The van der Waals surface area contributed by atoms with Gasteiger partial charge < -0.3 is 9.47 Å². The van der Waals surface area contributed by atoms with Gasteiger partial charge in [0.05, 0.1) is 19.8 Å². The molecule has 0 bridgehead atoms. The first-order valence-corrected chi connectivity index (χ1v) is 8.11. The van der Waals surface area contributed by atoms with E-state index in [9.17, 15) is 13.2 Å². The number of ether oxygens (including phenoxy) is 2. The Labute approximate surface area is 144 Å². The number of hydrogen-bond donors (Lipinski definition) is 0. The lowest BCUT2D eigenvalue weighted by molar-refractivity contribution is -0.00700. The SMILES string of the molecule is C=CC1CCC(c2ccc(-c3ccc(OC)c(F)c3F)cc2F)OC1. The van der Waals surface area contributed by atoms with Crippen LogP contribution in [-0.4, -0.2) is 13.7 Å². The van der Waals surface area contributed by atoms with Crippen LogP contribution >= 0.6 is 0 Å². The Hall–Kier alpha value is -2.27. The van der Waals surface area contributed by atoms with Crippen LogP contribution in [0.4, 0.5) is 13.2 Å². The second-order valence-corrected chi connectivity index (χ2v) is 6.07. The highest BCUT2D eigenvalue weighted by Gasteiger charge is 2.24. The molecule has 2 nitrogen and oxygen atoms in total. The summed E-state index contributed by atoms with van der Waals surface area (Å²) in [6.07, 6.45) is 3.09. The quantitative estimate of drug-likeness (QED) is 0.686. The molecule has 0 aliphatic carbocycles. The summed E-state index contributed by atoms with van der Waals surface area (Å²) in [7, 11) is 1.26. The highest BCUT2D eigenvalue weighted by Crippen LogP contribution is 2.35. The van der Waals surface area contributed by atoms with E-state index in [2.05, 4.69) is 6.58 Å². The Bertz CT molecular complexity index is 781. The minimum atomic E-state index is -1.09. The maximum absolute atomic E-state index is 14.5. The van der Waals surface area contributed by atoms with Crippen LogP contribution in [0.25, 0.3) is 11.1 Å². The lowest BCUT2D eigenvalue weighted by Gasteiger charge is -2.28. The van der Waals surface area contributed by atoms with Crippen molar-refractivity contribution in [3.05, 3.63) is 66.0 Å². The predicted molar refractivity (Wildman–Crippen MR) is 89.9 cm³/mol. The normalized spacial score (nSPS) is 20.3. The fourth-order valence-electron chi connectivity index (χ4n) is 3.07. The number of halogens is 3. The monoisotopic (exact) mass is 348 g/mol. The van der Waals surface area contributed by atoms with Crippen molar-refractivity contribution in [2.45, 2.75) is 18.9 Å². The summed E-state index contributed by atoms with van der Waals surface area (Å²) in [6, 6.07) is 7.05. The molecule has 1 aliphatic rings. The molecule has 0 amide bonds. The Morgan fingerprint density at radius 2 is 1.92 bits per heavy atom. The molecule has 2 aromatic carbocycles. The molecule has 1 saturated heterocycles. The van der Waals surface area contributed by atoms with Gasteiger partial charge in [0.1, 0.15) is 5.82 Å². The van der Waals surface area contributed by atoms with Crippen molar-refractivity contribution in [2.75, 3.05) is 13.7 Å². The van der Waals surface area contributed by atoms with Crippen LogP contribution in [0.1, 0.15) is 24.5 Å². The van der Waals surface area contributed by atoms with Crippen LogP contribution in [0.2, 0.25) is 0 Å². The van der Waals surface area contributed by atoms with Gasteiger partial charge in [-0.3, -0.25) is 0 Å². The van der Waals surface area contributed by atoms with E-state index in [0.29, 0.717) is 18.6 Å². The van der Waals surface area contributed by atoms with Gasteiger partial charge in [0.15, 0.2) is 11.6 Å². The summed E-state index contributed by atoms with van der Waals surface area (Å²) >= 11 is 0. The van der Waals surface area contributed by atoms with Gasteiger partial charge in [-0.1, -0.05) is 18.2 Å². The summed E-state index contributed by atoms with van der Waals surface area (Å²) in [5.74, 6) is -2.54. The molecule has 0 spiro atoms. The van der Waals surface area contributed by atoms with Crippen LogP contribution in [0.3, 0.4) is 0 Å². The van der Waals surface area contributed by atoms with E-state index in [0.717, 1.165) is 6.42 Å². The summed E-state index contributed by atoms with van der Waals surface area (Å²) in [5, 5.41) is 0. The van der Waals surface area contributed by atoms with Gasteiger partial charge in [-0.2, -0.15) is 4.39 Å². The lowest BCUT2D eigenvalue weighted by Crippen LogP contribution is -2.19. The van der Waals surface area contributed by atoms with Crippen LogP contribution in [0.5, 0.6) is 5.75 Å². The smallest absolute Gasteiger partial charge is 0.201 e. The molecule has 2 unspecified atom stereocenters. The van der Waals surface area contributed by atoms with Crippen molar-refractivity contribution < 1.29 is 22.6 Å². The van der Waals surface area contributed by atoms with Crippen molar-refractivity contribution >= 4 is 0 Å². The molecular formula is C20H19F3O2. The summed E-state index contributed by atoms with van der Waals surface area (Å²) in [5.41, 5.74) is 0.681. The van der Waals surface area contributed by atoms with Gasteiger partial charge in [-0.05, 0) is 36.6 Å². The van der Waals surface area contributed by atoms with Crippen molar-refractivity contribution in [3.63, 3.8) is 0 Å².